The van der Waals surface area contributed by atoms with Gasteiger partial charge in [-0.2, -0.15) is 0 Å². The molecule has 0 heterocycles. The average molecular weight is 166 g/mol. The number of hydrogen-bond donors (Lipinski definition) is 2. The van der Waals surface area contributed by atoms with Gasteiger partial charge in [0.05, 0.1) is 5.69 Å². The molecule has 12 heavy (non-hydrogen) atoms. The van der Waals surface area contributed by atoms with Gasteiger partial charge in [0.2, 0.25) is 5.75 Å². The molecule has 4 heteroatoms. The second-order valence-corrected chi connectivity index (χ2v) is 2.14. The summed E-state index contributed by atoms with van der Waals surface area (Å²) in [5, 5.41) is 0. The maximum atomic E-state index is 5.54. The molecular formula is C8H10N2O2. The Bertz CT molecular complexity index is 286. The molecular weight excluding hydrogens is 156 g/mol. The lowest BCUT2D eigenvalue weighted by molar-refractivity contribution is -0.147. The van der Waals surface area contributed by atoms with Gasteiger partial charge < -0.3 is 11.5 Å². The lowest BCUT2D eigenvalue weighted by Gasteiger charge is -2.04. The van der Waals surface area contributed by atoms with E-state index in [0.29, 0.717) is 17.1 Å². The molecule has 4 nitrogen and oxygen atoms in total. The predicted octanol–water partition coefficient (Wildman–Crippen LogP) is 1.30. The molecule has 4 N–H and O–H groups in total. The summed E-state index contributed by atoms with van der Waals surface area (Å²) in [7, 11) is 0. The summed E-state index contributed by atoms with van der Waals surface area (Å²) in [6, 6.07) is 4.87. The maximum Gasteiger partial charge on any atom is 0.201 e. The Morgan fingerprint density at radius 3 is 2.67 bits per heavy atom. The summed E-state index contributed by atoms with van der Waals surface area (Å²) in [6.45, 7) is 3.31. The van der Waals surface area contributed by atoms with Crippen molar-refractivity contribution in [2.24, 2.45) is 0 Å². The van der Waals surface area contributed by atoms with E-state index in [4.69, 9.17) is 16.4 Å². The lowest BCUT2D eigenvalue weighted by atomic mass is 10.3. The summed E-state index contributed by atoms with van der Waals surface area (Å²) < 4.78 is 0. The van der Waals surface area contributed by atoms with Gasteiger partial charge >= 0.3 is 0 Å². The predicted molar refractivity (Wildman–Crippen MR) is 47.2 cm³/mol. The highest BCUT2D eigenvalue weighted by Crippen LogP contribution is 2.23. The molecule has 0 unspecified atom stereocenters. The lowest BCUT2D eigenvalue weighted by Crippen LogP contribution is -1.96. The Labute approximate surface area is 70.3 Å². The van der Waals surface area contributed by atoms with Crippen LogP contribution in [0.15, 0.2) is 31.0 Å². The van der Waals surface area contributed by atoms with E-state index in [1.54, 1.807) is 18.2 Å². The normalized spacial score (nSPS) is 9.00. The molecule has 0 atom stereocenters. The van der Waals surface area contributed by atoms with Gasteiger partial charge in [0.15, 0.2) is 0 Å². The minimum atomic E-state index is 0.420. The highest BCUT2D eigenvalue weighted by atomic mass is 17.2. The number of anilines is 2. The van der Waals surface area contributed by atoms with Crippen LogP contribution in [0, 0.1) is 0 Å². The van der Waals surface area contributed by atoms with Crippen molar-refractivity contribution >= 4 is 11.4 Å². The fraction of sp³-hybridized carbons (Fsp3) is 0. The van der Waals surface area contributed by atoms with E-state index in [9.17, 15) is 0 Å². The third-order valence-electron chi connectivity index (χ3n) is 1.24. The zero-order chi connectivity index (χ0) is 8.97. The SMILES string of the molecule is C=COOc1ccc(N)cc1N. The third kappa shape index (κ3) is 1.82. The number of rotatable bonds is 3. The first-order valence-corrected chi connectivity index (χ1v) is 3.33. The van der Waals surface area contributed by atoms with Gasteiger partial charge in [0.1, 0.15) is 6.26 Å². The molecule has 0 aliphatic rings. The van der Waals surface area contributed by atoms with Crippen LogP contribution in [0.4, 0.5) is 11.4 Å². The second kappa shape index (κ2) is 3.52. The van der Waals surface area contributed by atoms with E-state index < -0.39 is 0 Å². The standard InChI is InChI=1S/C8H10N2O2/c1-2-11-12-8-4-3-6(9)5-7(8)10/h2-5H,1,9-10H2. The van der Waals surface area contributed by atoms with Gasteiger partial charge in [-0.1, -0.05) is 6.58 Å². The summed E-state index contributed by atoms with van der Waals surface area (Å²) in [5.74, 6) is 0.420. The van der Waals surface area contributed by atoms with E-state index in [-0.39, 0.29) is 0 Å². The Kier molecular flexibility index (Phi) is 2.42. The van der Waals surface area contributed by atoms with Crippen molar-refractivity contribution in [3.8, 4) is 5.75 Å². The monoisotopic (exact) mass is 166 g/mol. The van der Waals surface area contributed by atoms with Gasteiger partial charge in [-0.25, -0.2) is 0 Å². The van der Waals surface area contributed by atoms with E-state index in [1.165, 1.54) is 0 Å². The van der Waals surface area contributed by atoms with Crippen molar-refractivity contribution in [1.29, 1.82) is 0 Å². The minimum Gasteiger partial charge on any atom is -0.399 e. The van der Waals surface area contributed by atoms with Gasteiger partial charge in [0, 0.05) is 5.69 Å². The maximum absolute atomic E-state index is 5.54. The summed E-state index contributed by atoms with van der Waals surface area (Å²) in [6.07, 6.45) is 1.16. The smallest absolute Gasteiger partial charge is 0.201 e. The fourth-order valence-electron chi connectivity index (χ4n) is 0.729. The van der Waals surface area contributed by atoms with Crippen LogP contribution < -0.4 is 16.4 Å². The van der Waals surface area contributed by atoms with Gasteiger partial charge in [-0.05, 0) is 18.2 Å². The Morgan fingerprint density at radius 1 is 1.33 bits per heavy atom. The zero-order valence-electron chi connectivity index (χ0n) is 6.49. The molecule has 0 radical (unpaired) electrons. The van der Waals surface area contributed by atoms with Gasteiger partial charge in [-0.15, -0.1) is 0 Å². The van der Waals surface area contributed by atoms with Crippen LogP contribution in [-0.2, 0) is 4.89 Å². The van der Waals surface area contributed by atoms with E-state index in [0.717, 1.165) is 6.26 Å². The van der Waals surface area contributed by atoms with Crippen LogP contribution in [0.2, 0.25) is 0 Å². The minimum absolute atomic E-state index is 0.420. The van der Waals surface area contributed by atoms with Crippen LogP contribution in [0.5, 0.6) is 5.75 Å². The quantitative estimate of drug-likeness (QED) is 0.307. The second-order valence-electron chi connectivity index (χ2n) is 2.14. The summed E-state index contributed by atoms with van der Waals surface area (Å²) in [5.41, 5.74) is 12.0. The summed E-state index contributed by atoms with van der Waals surface area (Å²) >= 11 is 0. The highest BCUT2D eigenvalue weighted by Gasteiger charge is 2.00. The first-order valence-electron chi connectivity index (χ1n) is 3.33. The third-order valence-corrected chi connectivity index (χ3v) is 1.24. The Balaban J connectivity index is 2.78. The molecule has 1 rings (SSSR count). The molecule has 64 valence electrons. The molecule has 0 fully saturated rings. The molecule has 0 spiro atoms. The van der Waals surface area contributed by atoms with E-state index in [1.807, 2.05) is 0 Å². The number of hydrogen-bond acceptors (Lipinski definition) is 4. The van der Waals surface area contributed by atoms with E-state index in [2.05, 4.69) is 11.5 Å². The fourth-order valence-corrected chi connectivity index (χ4v) is 0.729. The Hall–Kier alpha value is -1.84. The molecule has 0 amide bonds. The molecule has 0 saturated carbocycles. The van der Waals surface area contributed by atoms with Crippen molar-refractivity contribution in [3.05, 3.63) is 31.0 Å². The molecule has 1 aromatic carbocycles. The van der Waals surface area contributed by atoms with Gasteiger partial charge in [0.25, 0.3) is 0 Å². The van der Waals surface area contributed by atoms with Crippen molar-refractivity contribution in [2.75, 3.05) is 11.5 Å². The first kappa shape index (κ1) is 8.26. The van der Waals surface area contributed by atoms with Crippen molar-refractivity contribution in [2.45, 2.75) is 0 Å². The highest BCUT2D eigenvalue weighted by molar-refractivity contribution is 5.60. The largest absolute Gasteiger partial charge is 0.399 e. The van der Waals surface area contributed by atoms with Crippen LogP contribution in [0.3, 0.4) is 0 Å². The molecule has 0 saturated heterocycles. The number of nitrogens with two attached hydrogens (primary N) is 2. The van der Waals surface area contributed by atoms with Crippen LogP contribution in [0.1, 0.15) is 0 Å². The molecule has 0 bridgehead atoms. The molecule has 0 aliphatic carbocycles. The first-order chi connectivity index (χ1) is 5.74. The molecule has 0 aliphatic heterocycles. The van der Waals surface area contributed by atoms with Crippen molar-refractivity contribution in [3.63, 3.8) is 0 Å². The van der Waals surface area contributed by atoms with Crippen molar-refractivity contribution in [1.82, 2.24) is 0 Å². The number of nitrogen functional groups attached to an aromatic ring is 2. The average Bonchev–Trinajstić information content (AvgIpc) is 2.03. The summed E-state index contributed by atoms with van der Waals surface area (Å²) in [4.78, 5) is 9.23. The molecule has 0 aromatic heterocycles. The van der Waals surface area contributed by atoms with E-state index >= 15 is 0 Å². The van der Waals surface area contributed by atoms with Crippen molar-refractivity contribution < 1.29 is 9.78 Å². The topological polar surface area (TPSA) is 70.5 Å². The van der Waals surface area contributed by atoms with Crippen LogP contribution >= 0.6 is 0 Å². The molecule has 1 aromatic rings. The van der Waals surface area contributed by atoms with Crippen LogP contribution in [0.25, 0.3) is 0 Å². The number of benzene rings is 1. The van der Waals surface area contributed by atoms with Crippen LogP contribution in [-0.4, -0.2) is 0 Å². The Morgan fingerprint density at radius 2 is 2.08 bits per heavy atom. The zero-order valence-corrected chi connectivity index (χ0v) is 6.49. The van der Waals surface area contributed by atoms with Gasteiger partial charge in [-0.3, -0.25) is 9.78 Å².